The predicted octanol–water partition coefficient (Wildman–Crippen LogP) is 4.12. The molecule has 20 heavy (non-hydrogen) atoms. The van der Waals surface area contributed by atoms with Gasteiger partial charge in [0, 0.05) is 32.9 Å². The zero-order chi connectivity index (χ0) is 14.5. The molecule has 5 heteroatoms. The molecule has 2 rings (SSSR count). The summed E-state index contributed by atoms with van der Waals surface area (Å²) in [4.78, 5) is 10.3. The number of aromatic nitrogens is 2. The second kappa shape index (κ2) is 7.20. The van der Waals surface area contributed by atoms with Crippen molar-refractivity contribution in [2.75, 3.05) is 7.05 Å². The van der Waals surface area contributed by atoms with E-state index in [0.717, 1.165) is 27.3 Å². The number of aryl methyl sites for hydroxylation is 1. The number of benzene rings is 1. The maximum Gasteiger partial charge on any atom is 0.138 e. The highest BCUT2D eigenvalue weighted by Gasteiger charge is 2.09. The Morgan fingerprint density at radius 3 is 2.60 bits per heavy atom. The first-order chi connectivity index (χ1) is 9.60. The number of hydrogen-bond donors (Lipinski definition) is 1. The Hall–Kier alpha value is -0.910. The lowest BCUT2D eigenvalue weighted by Crippen LogP contribution is -2.15. The normalized spacial score (nSPS) is 12.4. The molecule has 1 N–H and O–H groups in total. The summed E-state index contributed by atoms with van der Waals surface area (Å²) in [5.74, 6) is 1.67. The molecule has 1 unspecified atom stereocenters. The van der Waals surface area contributed by atoms with Crippen molar-refractivity contribution < 1.29 is 0 Å². The molecule has 0 radical (unpaired) electrons. The summed E-state index contributed by atoms with van der Waals surface area (Å²) in [5.41, 5.74) is 2.21. The Morgan fingerprint density at radius 2 is 2.00 bits per heavy atom. The summed E-state index contributed by atoms with van der Waals surface area (Å²) in [7, 11) is 1.95. The van der Waals surface area contributed by atoms with Crippen LogP contribution in [0.15, 0.2) is 39.8 Å². The fourth-order valence-electron chi connectivity index (χ4n) is 1.85. The van der Waals surface area contributed by atoms with Crippen molar-refractivity contribution in [2.45, 2.75) is 30.5 Å². The number of hydrogen-bond acceptors (Lipinski definition) is 4. The summed E-state index contributed by atoms with van der Waals surface area (Å²) in [5, 5.41) is 3.21. The third kappa shape index (κ3) is 4.04. The van der Waals surface area contributed by atoms with Gasteiger partial charge >= 0.3 is 0 Å². The minimum absolute atomic E-state index is 0.281. The molecule has 1 aromatic heterocycles. The second-order valence-electron chi connectivity index (χ2n) is 4.58. The molecule has 2 aromatic rings. The predicted molar refractivity (Wildman–Crippen MR) is 87.9 cm³/mol. The van der Waals surface area contributed by atoms with Crippen LogP contribution in [0.5, 0.6) is 0 Å². The zero-order valence-corrected chi connectivity index (χ0v) is 14.3. The molecular formula is C15H18BrN3S. The van der Waals surface area contributed by atoms with Gasteiger partial charge in [-0.25, -0.2) is 9.97 Å². The SMILES string of the molecule is CNC(C)c1cnc(CSc2ccc(Br)cc2)nc1C. The van der Waals surface area contributed by atoms with Gasteiger partial charge in [-0.3, -0.25) is 0 Å². The topological polar surface area (TPSA) is 37.8 Å². The summed E-state index contributed by atoms with van der Waals surface area (Å²) < 4.78 is 1.10. The first kappa shape index (κ1) is 15.5. The maximum atomic E-state index is 4.59. The van der Waals surface area contributed by atoms with Crippen molar-refractivity contribution in [1.29, 1.82) is 0 Å². The van der Waals surface area contributed by atoms with Gasteiger partial charge in [-0.05, 0) is 45.2 Å². The van der Waals surface area contributed by atoms with E-state index >= 15 is 0 Å². The van der Waals surface area contributed by atoms with Crippen LogP contribution >= 0.6 is 27.7 Å². The highest BCUT2D eigenvalue weighted by Crippen LogP contribution is 2.24. The van der Waals surface area contributed by atoms with Gasteiger partial charge in [-0.2, -0.15) is 0 Å². The van der Waals surface area contributed by atoms with Gasteiger partial charge in [-0.1, -0.05) is 15.9 Å². The lowest BCUT2D eigenvalue weighted by molar-refractivity contribution is 0.639. The number of rotatable bonds is 5. The monoisotopic (exact) mass is 351 g/mol. The van der Waals surface area contributed by atoms with Gasteiger partial charge in [0.1, 0.15) is 5.82 Å². The fraction of sp³-hybridized carbons (Fsp3) is 0.333. The van der Waals surface area contributed by atoms with E-state index in [1.807, 2.05) is 32.3 Å². The van der Waals surface area contributed by atoms with Gasteiger partial charge in [0.2, 0.25) is 0 Å². The minimum Gasteiger partial charge on any atom is -0.313 e. The van der Waals surface area contributed by atoms with E-state index < -0.39 is 0 Å². The molecule has 3 nitrogen and oxygen atoms in total. The summed E-state index contributed by atoms with van der Waals surface area (Å²) in [6.45, 7) is 4.15. The van der Waals surface area contributed by atoms with Gasteiger partial charge in [0.25, 0.3) is 0 Å². The average molecular weight is 352 g/mol. The fourth-order valence-corrected chi connectivity index (χ4v) is 2.88. The van der Waals surface area contributed by atoms with Crippen molar-refractivity contribution in [3.8, 4) is 0 Å². The lowest BCUT2D eigenvalue weighted by Gasteiger charge is -2.13. The molecule has 0 saturated heterocycles. The molecule has 0 aliphatic heterocycles. The highest BCUT2D eigenvalue weighted by atomic mass is 79.9. The molecule has 1 aromatic carbocycles. The molecule has 1 heterocycles. The highest BCUT2D eigenvalue weighted by molar-refractivity contribution is 9.10. The van der Waals surface area contributed by atoms with Gasteiger partial charge in [0.05, 0.1) is 5.75 Å². The van der Waals surface area contributed by atoms with Crippen molar-refractivity contribution in [1.82, 2.24) is 15.3 Å². The standard InChI is InChI=1S/C15H18BrN3S/c1-10(17-3)14-8-18-15(19-11(14)2)9-20-13-6-4-12(16)5-7-13/h4-8,10,17H,9H2,1-3H3. The largest absolute Gasteiger partial charge is 0.313 e. The van der Waals surface area contributed by atoms with Crippen molar-refractivity contribution in [2.24, 2.45) is 0 Å². The maximum absolute atomic E-state index is 4.59. The second-order valence-corrected chi connectivity index (χ2v) is 6.54. The van der Waals surface area contributed by atoms with Gasteiger partial charge < -0.3 is 5.32 Å². The third-order valence-corrected chi connectivity index (χ3v) is 4.68. The van der Waals surface area contributed by atoms with E-state index in [1.165, 1.54) is 4.90 Å². The molecule has 0 fully saturated rings. The number of thioether (sulfide) groups is 1. The number of nitrogens with zero attached hydrogens (tertiary/aromatic N) is 2. The Labute approximate surface area is 132 Å². The Bertz CT molecular complexity index is 572. The first-order valence-corrected chi connectivity index (χ1v) is 8.26. The summed E-state index contributed by atoms with van der Waals surface area (Å²) >= 11 is 5.19. The van der Waals surface area contributed by atoms with Crippen LogP contribution in [-0.4, -0.2) is 17.0 Å². The van der Waals surface area contributed by atoms with Crippen LogP contribution in [0.25, 0.3) is 0 Å². The van der Waals surface area contributed by atoms with Crippen LogP contribution < -0.4 is 5.32 Å². The van der Waals surface area contributed by atoms with Gasteiger partial charge in [0.15, 0.2) is 0 Å². The van der Waals surface area contributed by atoms with Crippen LogP contribution in [-0.2, 0) is 5.75 Å². The smallest absolute Gasteiger partial charge is 0.138 e. The minimum atomic E-state index is 0.281. The van der Waals surface area contributed by atoms with Crippen LogP contribution in [0.4, 0.5) is 0 Å². The van der Waals surface area contributed by atoms with E-state index in [2.05, 4.69) is 50.3 Å². The number of halogens is 1. The molecule has 0 amide bonds. The number of nitrogens with one attached hydrogen (secondary N) is 1. The van der Waals surface area contributed by atoms with Crippen molar-refractivity contribution >= 4 is 27.7 Å². The van der Waals surface area contributed by atoms with E-state index in [1.54, 1.807) is 11.8 Å². The van der Waals surface area contributed by atoms with Crippen LogP contribution in [0.1, 0.15) is 30.0 Å². The molecule has 0 saturated carbocycles. The van der Waals surface area contributed by atoms with Crippen molar-refractivity contribution in [3.63, 3.8) is 0 Å². The average Bonchev–Trinajstić information content (AvgIpc) is 2.46. The lowest BCUT2D eigenvalue weighted by atomic mass is 10.1. The van der Waals surface area contributed by atoms with Crippen LogP contribution in [0, 0.1) is 6.92 Å². The van der Waals surface area contributed by atoms with Gasteiger partial charge in [-0.15, -0.1) is 11.8 Å². The Kier molecular flexibility index (Phi) is 5.57. The molecule has 1 atom stereocenters. The molecule has 106 valence electrons. The summed E-state index contributed by atoms with van der Waals surface area (Å²) in [6, 6.07) is 8.57. The van der Waals surface area contributed by atoms with Crippen molar-refractivity contribution in [3.05, 3.63) is 52.0 Å². The summed E-state index contributed by atoms with van der Waals surface area (Å²) in [6.07, 6.45) is 1.93. The Morgan fingerprint density at radius 1 is 1.30 bits per heavy atom. The van der Waals surface area contributed by atoms with E-state index in [-0.39, 0.29) is 6.04 Å². The molecule has 0 spiro atoms. The van der Waals surface area contributed by atoms with Crippen LogP contribution in [0.2, 0.25) is 0 Å². The third-order valence-electron chi connectivity index (χ3n) is 3.15. The van der Waals surface area contributed by atoms with E-state index in [0.29, 0.717) is 0 Å². The molecular weight excluding hydrogens is 334 g/mol. The molecule has 0 bridgehead atoms. The quantitative estimate of drug-likeness (QED) is 0.822. The first-order valence-electron chi connectivity index (χ1n) is 6.48. The van der Waals surface area contributed by atoms with Crippen LogP contribution in [0.3, 0.4) is 0 Å². The Balaban J connectivity index is 2.03. The molecule has 0 aliphatic rings. The van der Waals surface area contributed by atoms with E-state index in [4.69, 9.17) is 0 Å². The zero-order valence-electron chi connectivity index (χ0n) is 11.9. The molecule has 0 aliphatic carbocycles. The van der Waals surface area contributed by atoms with E-state index in [9.17, 15) is 0 Å².